The number of rotatable bonds is 9. The van der Waals surface area contributed by atoms with Crippen LogP contribution in [0.1, 0.15) is 23.2 Å². The number of hydrogen-bond donors (Lipinski definition) is 3. The van der Waals surface area contributed by atoms with Gasteiger partial charge < -0.3 is 14.8 Å². The fraction of sp³-hybridized carbons (Fsp3) is 0.250. The number of carbonyl (C=O) groups excluding carboxylic acids is 3. The van der Waals surface area contributed by atoms with Gasteiger partial charge in [-0.05, 0) is 36.4 Å². The maximum absolute atomic E-state index is 12.1. The molecule has 29 heavy (non-hydrogen) atoms. The van der Waals surface area contributed by atoms with Gasteiger partial charge in [-0.3, -0.25) is 25.2 Å². The summed E-state index contributed by atoms with van der Waals surface area (Å²) in [5, 5.41) is 3.03. The highest BCUT2D eigenvalue weighted by molar-refractivity contribution is 6.33. The molecule has 0 radical (unpaired) electrons. The van der Waals surface area contributed by atoms with E-state index in [2.05, 4.69) is 16.2 Å². The number of hydrazine groups is 1. The summed E-state index contributed by atoms with van der Waals surface area (Å²) in [4.78, 5) is 35.8. The Morgan fingerprint density at radius 3 is 2.28 bits per heavy atom. The Morgan fingerprint density at radius 1 is 0.897 bits per heavy atom. The van der Waals surface area contributed by atoms with Crippen LogP contribution >= 0.6 is 11.6 Å². The molecule has 0 atom stereocenters. The van der Waals surface area contributed by atoms with Gasteiger partial charge in [0.25, 0.3) is 5.91 Å². The van der Waals surface area contributed by atoms with Crippen LogP contribution < -0.4 is 20.9 Å². The molecule has 2 aromatic rings. The van der Waals surface area contributed by atoms with Crippen LogP contribution in [0.3, 0.4) is 0 Å². The molecule has 2 aromatic carbocycles. The monoisotopic (exact) mass is 419 g/mol. The highest BCUT2D eigenvalue weighted by atomic mass is 35.5. The summed E-state index contributed by atoms with van der Waals surface area (Å²) in [6.07, 6.45) is -0.150. The third-order valence-electron chi connectivity index (χ3n) is 3.72. The zero-order valence-corrected chi connectivity index (χ0v) is 16.6. The summed E-state index contributed by atoms with van der Waals surface area (Å²) in [5.41, 5.74) is 5.40. The van der Waals surface area contributed by atoms with Crippen LogP contribution in [0.25, 0.3) is 0 Å². The third-order valence-corrected chi connectivity index (χ3v) is 4.04. The number of hydrogen-bond acceptors (Lipinski definition) is 5. The number of anilines is 1. The molecule has 0 fully saturated rings. The van der Waals surface area contributed by atoms with Gasteiger partial charge in [0.2, 0.25) is 11.8 Å². The number of ether oxygens (including phenoxy) is 2. The first-order valence-electron chi connectivity index (χ1n) is 8.85. The molecule has 0 aromatic heterocycles. The van der Waals surface area contributed by atoms with Crippen LogP contribution in [0.4, 0.5) is 5.69 Å². The van der Waals surface area contributed by atoms with Crippen molar-refractivity contribution in [3.05, 3.63) is 59.1 Å². The van der Waals surface area contributed by atoms with Gasteiger partial charge in [-0.2, -0.15) is 0 Å². The quantitative estimate of drug-likeness (QED) is 0.428. The fourth-order valence-corrected chi connectivity index (χ4v) is 2.39. The Kier molecular flexibility index (Phi) is 8.94. The van der Waals surface area contributed by atoms with Crippen molar-refractivity contribution < 1.29 is 23.9 Å². The average Bonchev–Trinajstić information content (AvgIpc) is 2.73. The Balaban J connectivity index is 1.70. The molecule has 0 spiro atoms. The molecule has 0 aliphatic carbocycles. The molecule has 0 saturated carbocycles. The summed E-state index contributed by atoms with van der Waals surface area (Å²) < 4.78 is 10.3. The second-order valence-corrected chi connectivity index (χ2v) is 6.30. The van der Waals surface area contributed by atoms with E-state index in [1.54, 1.807) is 55.6 Å². The zero-order valence-electron chi connectivity index (χ0n) is 15.9. The molecule has 0 aliphatic rings. The van der Waals surface area contributed by atoms with E-state index in [1.165, 1.54) is 0 Å². The molecule has 2 rings (SSSR count). The largest absolute Gasteiger partial charge is 0.491 e. The Labute approximate surface area is 173 Å². The lowest BCUT2D eigenvalue weighted by Crippen LogP contribution is -2.41. The van der Waals surface area contributed by atoms with Crippen molar-refractivity contribution in [3.8, 4) is 5.75 Å². The Bertz CT molecular complexity index is 842. The zero-order chi connectivity index (χ0) is 21.1. The number of benzene rings is 2. The van der Waals surface area contributed by atoms with Crippen LogP contribution in [0, 0.1) is 0 Å². The summed E-state index contributed by atoms with van der Waals surface area (Å²) in [6, 6.07) is 13.2. The van der Waals surface area contributed by atoms with E-state index in [-0.39, 0.29) is 18.7 Å². The molecule has 154 valence electrons. The van der Waals surface area contributed by atoms with E-state index in [0.29, 0.717) is 35.2 Å². The molecule has 0 bridgehead atoms. The SMILES string of the molecule is COCCOc1ccc(C(=O)NNC(=O)CCC(=O)Nc2ccccc2Cl)cc1. The van der Waals surface area contributed by atoms with Crippen molar-refractivity contribution in [1.82, 2.24) is 10.9 Å². The maximum Gasteiger partial charge on any atom is 0.269 e. The lowest BCUT2D eigenvalue weighted by molar-refractivity contribution is -0.124. The first-order valence-corrected chi connectivity index (χ1v) is 9.22. The van der Waals surface area contributed by atoms with Gasteiger partial charge in [-0.1, -0.05) is 23.7 Å². The third kappa shape index (κ3) is 7.81. The van der Waals surface area contributed by atoms with Crippen molar-refractivity contribution in [2.24, 2.45) is 0 Å². The van der Waals surface area contributed by atoms with E-state index >= 15 is 0 Å². The van der Waals surface area contributed by atoms with Gasteiger partial charge in [-0.15, -0.1) is 0 Å². The van der Waals surface area contributed by atoms with Crippen molar-refractivity contribution in [2.45, 2.75) is 12.8 Å². The molecular weight excluding hydrogens is 398 g/mol. The van der Waals surface area contributed by atoms with Gasteiger partial charge >= 0.3 is 0 Å². The number of nitrogens with one attached hydrogen (secondary N) is 3. The molecule has 0 saturated heterocycles. The predicted molar refractivity (Wildman–Crippen MR) is 109 cm³/mol. The number of para-hydroxylation sites is 1. The van der Waals surface area contributed by atoms with E-state index in [9.17, 15) is 14.4 Å². The van der Waals surface area contributed by atoms with Crippen molar-refractivity contribution in [3.63, 3.8) is 0 Å². The minimum atomic E-state index is -0.493. The number of halogens is 1. The summed E-state index contributed by atoms with van der Waals surface area (Å²) in [6.45, 7) is 0.868. The Hall–Kier alpha value is -3.10. The first kappa shape index (κ1) is 22.2. The maximum atomic E-state index is 12.1. The summed E-state index contributed by atoms with van der Waals surface area (Å²) >= 11 is 5.96. The van der Waals surface area contributed by atoms with E-state index in [4.69, 9.17) is 21.1 Å². The van der Waals surface area contributed by atoms with Crippen LogP contribution in [-0.2, 0) is 14.3 Å². The average molecular weight is 420 g/mol. The minimum Gasteiger partial charge on any atom is -0.491 e. The van der Waals surface area contributed by atoms with Gasteiger partial charge in [0, 0.05) is 25.5 Å². The number of methoxy groups -OCH3 is 1. The van der Waals surface area contributed by atoms with Crippen molar-refractivity contribution in [1.29, 1.82) is 0 Å². The van der Waals surface area contributed by atoms with E-state index < -0.39 is 11.8 Å². The molecule has 0 heterocycles. The van der Waals surface area contributed by atoms with Crippen molar-refractivity contribution in [2.75, 3.05) is 25.6 Å². The molecule has 3 N–H and O–H groups in total. The lowest BCUT2D eigenvalue weighted by atomic mass is 10.2. The van der Waals surface area contributed by atoms with Gasteiger partial charge in [0.1, 0.15) is 12.4 Å². The van der Waals surface area contributed by atoms with Crippen LogP contribution in [-0.4, -0.2) is 38.0 Å². The summed E-state index contributed by atoms with van der Waals surface area (Å²) in [5.74, 6) is -0.731. The molecule has 0 aliphatic heterocycles. The molecule has 3 amide bonds. The topological polar surface area (TPSA) is 106 Å². The van der Waals surface area contributed by atoms with Gasteiger partial charge in [0.05, 0.1) is 17.3 Å². The van der Waals surface area contributed by atoms with Gasteiger partial charge in [0.15, 0.2) is 0 Å². The smallest absolute Gasteiger partial charge is 0.269 e. The highest BCUT2D eigenvalue weighted by Crippen LogP contribution is 2.20. The van der Waals surface area contributed by atoms with Crippen LogP contribution in [0.15, 0.2) is 48.5 Å². The number of carbonyl (C=O) groups is 3. The van der Waals surface area contributed by atoms with E-state index in [0.717, 1.165) is 0 Å². The minimum absolute atomic E-state index is 0.0551. The van der Waals surface area contributed by atoms with Crippen LogP contribution in [0.5, 0.6) is 5.75 Å². The van der Waals surface area contributed by atoms with Gasteiger partial charge in [-0.25, -0.2) is 0 Å². The normalized spacial score (nSPS) is 10.1. The summed E-state index contributed by atoms with van der Waals surface area (Å²) in [7, 11) is 1.58. The van der Waals surface area contributed by atoms with E-state index in [1.807, 2.05) is 0 Å². The van der Waals surface area contributed by atoms with Crippen LogP contribution in [0.2, 0.25) is 5.02 Å². The fourth-order valence-electron chi connectivity index (χ4n) is 2.21. The Morgan fingerprint density at radius 2 is 1.59 bits per heavy atom. The highest BCUT2D eigenvalue weighted by Gasteiger charge is 2.11. The molecule has 0 unspecified atom stereocenters. The molecule has 8 nitrogen and oxygen atoms in total. The standard InChI is InChI=1S/C20H22ClN3O5/c1-28-12-13-29-15-8-6-14(7-9-15)20(27)24-23-19(26)11-10-18(25)22-17-5-3-2-4-16(17)21/h2-9H,10-13H2,1H3,(H,22,25)(H,23,26)(H,24,27). The molecule has 9 heteroatoms. The predicted octanol–water partition coefficient (Wildman–Crippen LogP) is 2.55. The first-order chi connectivity index (χ1) is 14.0. The second kappa shape index (κ2) is 11.7. The molecular formula is C20H22ClN3O5. The number of amides is 3. The lowest BCUT2D eigenvalue weighted by Gasteiger charge is -2.09. The van der Waals surface area contributed by atoms with Crippen molar-refractivity contribution >= 4 is 35.0 Å². The second-order valence-electron chi connectivity index (χ2n) is 5.90.